The van der Waals surface area contributed by atoms with Crippen molar-refractivity contribution in [3.63, 3.8) is 0 Å². The molecule has 4 aromatic carbocycles. The normalized spacial score (nSPS) is 13.5. The second-order valence-electron chi connectivity index (χ2n) is 16.8. The van der Waals surface area contributed by atoms with E-state index in [0.29, 0.717) is 33.4 Å². The van der Waals surface area contributed by atoms with Crippen LogP contribution in [0.5, 0.6) is 0 Å². The first-order chi connectivity index (χ1) is 34.9. The van der Waals surface area contributed by atoms with Crippen LogP contribution >= 0.6 is 0 Å². The van der Waals surface area contributed by atoms with Crippen molar-refractivity contribution in [3.05, 3.63) is 167 Å². The van der Waals surface area contributed by atoms with Crippen LogP contribution in [0.2, 0.25) is 0 Å². The van der Waals surface area contributed by atoms with Crippen LogP contribution in [0.1, 0.15) is 77.6 Å². The Hall–Kier alpha value is -4.84. The molecule has 0 amide bonds. The number of nitrogens with zero attached hydrogens (tertiary/aromatic N) is 4. The van der Waals surface area contributed by atoms with E-state index in [1.54, 1.807) is 48.6 Å². The summed E-state index contributed by atoms with van der Waals surface area (Å²) in [5.74, 6) is 0. The van der Waals surface area contributed by atoms with Gasteiger partial charge in [0.1, 0.15) is 66.7 Å². The predicted molar refractivity (Wildman–Crippen MR) is 292 cm³/mol. The van der Waals surface area contributed by atoms with Gasteiger partial charge in [0, 0.05) is 73.0 Å². The van der Waals surface area contributed by atoms with Crippen molar-refractivity contribution in [1.82, 2.24) is 0 Å². The topological polar surface area (TPSA) is 241 Å². The molecule has 396 valence electrons. The molecule has 0 atom stereocenters. The molecule has 0 aliphatic heterocycles. The van der Waals surface area contributed by atoms with Crippen molar-refractivity contribution in [2.24, 2.45) is 0 Å². The van der Waals surface area contributed by atoms with Gasteiger partial charge in [-0.15, -0.1) is 0 Å². The number of hydrogen-bond donors (Lipinski definition) is 0. The number of allylic oxidation sites excluding steroid dienone is 10. The Morgan fingerprint density at radius 3 is 0.907 bits per heavy atom. The molecule has 0 radical (unpaired) electrons. The maximum atomic E-state index is 12.2. The average Bonchev–Trinajstić information content (AvgIpc) is 3.36. The number of anilines is 2. The van der Waals surface area contributed by atoms with E-state index in [1.165, 1.54) is 0 Å². The molecule has 0 unspecified atom stereocenters. The summed E-state index contributed by atoms with van der Waals surface area (Å²) in [5.41, 5.74) is 6.47. The molecule has 4 aromatic rings. The second-order valence-corrected chi connectivity index (χ2v) is 22.2. The van der Waals surface area contributed by atoms with Gasteiger partial charge in [0.2, 0.25) is 0 Å². The zero-order valence-corrected chi connectivity index (χ0v) is 48.9. The van der Waals surface area contributed by atoms with Gasteiger partial charge < -0.3 is 28.0 Å². The molecule has 2 aliphatic carbocycles. The summed E-state index contributed by atoms with van der Waals surface area (Å²) in [4.78, 5) is 1.84. The summed E-state index contributed by atoms with van der Waals surface area (Å²) in [6, 6.07) is 20.1. The zero-order valence-electron chi connectivity index (χ0n) is 43.4. The molecule has 21 heteroatoms. The first-order valence-electron chi connectivity index (χ1n) is 24.2. The maximum Gasteiger partial charge on any atom is 2.00 e. The van der Waals surface area contributed by atoms with Crippen molar-refractivity contribution < 1.29 is 61.0 Å². The summed E-state index contributed by atoms with van der Waals surface area (Å²) in [6.45, 7) is 22.6. The van der Waals surface area contributed by atoms with Crippen molar-refractivity contribution in [2.75, 3.05) is 62.2 Å². The third-order valence-corrected chi connectivity index (χ3v) is 16.1. The van der Waals surface area contributed by atoms with Crippen LogP contribution in [0.25, 0.3) is 11.1 Å². The van der Waals surface area contributed by atoms with Crippen LogP contribution in [0, 0.1) is 0 Å². The fraction of sp³-hybridized carbons (Fsp3) is 0.296. The molecule has 2 aliphatic rings. The summed E-state index contributed by atoms with van der Waals surface area (Å²) < 4.78 is 148. The first kappa shape index (κ1) is 62.7. The molecule has 0 spiro atoms. The summed E-state index contributed by atoms with van der Waals surface area (Å²) in [7, 11) is -19.8. The van der Waals surface area contributed by atoms with Crippen molar-refractivity contribution in [2.45, 2.75) is 75.0 Å². The minimum absolute atomic E-state index is 0. The van der Waals surface area contributed by atoms with E-state index in [2.05, 4.69) is 19.0 Å². The van der Waals surface area contributed by atoms with E-state index in [4.69, 9.17) is 0 Å². The Kier molecular flexibility index (Phi) is 22.5. The molecule has 6 rings (SSSR count). The molecule has 0 bridgehead atoms. The van der Waals surface area contributed by atoms with Gasteiger partial charge in [0.05, 0.1) is 19.6 Å². The smallest absolute Gasteiger partial charge is 0.744 e. The van der Waals surface area contributed by atoms with Crippen LogP contribution in [-0.2, 0) is 40.5 Å². The molecule has 0 fully saturated rings. The van der Waals surface area contributed by atoms with Gasteiger partial charge in [-0.3, -0.25) is 0 Å². The predicted octanol–water partition coefficient (Wildman–Crippen LogP) is 7.14. The summed E-state index contributed by atoms with van der Waals surface area (Å²) in [5, 5.41) is 0. The van der Waals surface area contributed by atoms with E-state index in [-0.39, 0.29) is 48.9 Å². The third kappa shape index (κ3) is 15.7. The van der Waals surface area contributed by atoms with E-state index in [9.17, 15) is 51.9 Å². The molecular weight excluding hydrogens is 1060 g/mol. The van der Waals surface area contributed by atoms with E-state index in [1.807, 2.05) is 104 Å². The van der Waals surface area contributed by atoms with Crippen LogP contribution in [0.4, 0.5) is 11.4 Å². The van der Waals surface area contributed by atoms with E-state index >= 15 is 0 Å². The molecule has 0 N–H and O–H groups in total. The van der Waals surface area contributed by atoms with Crippen LogP contribution < -0.4 is 9.80 Å². The fourth-order valence-electron chi connectivity index (χ4n) is 8.82. The van der Waals surface area contributed by atoms with Gasteiger partial charge in [0.15, 0.2) is 11.4 Å². The monoisotopic (exact) mass is 1130 g/mol. The van der Waals surface area contributed by atoms with Crippen LogP contribution in [-0.4, -0.2) is 163 Å². The summed E-state index contributed by atoms with van der Waals surface area (Å²) in [6.07, 6.45) is 14.7. The molecular formula is C54H62CaN4O12S4. The Morgan fingerprint density at radius 2 is 0.680 bits per heavy atom. The molecule has 0 aromatic heterocycles. The largest absolute Gasteiger partial charge is 2.00 e. The van der Waals surface area contributed by atoms with Gasteiger partial charge in [-0.05, 0) is 174 Å². The third-order valence-electron chi connectivity index (χ3n) is 12.7. The first-order valence-corrected chi connectivity index (χ1v) is 29.8. The molecule has 16 nitrogen and oxygen atoms in total. The van der Waals surface area contributed by atoms with Crippen LogP contribution in [0.3, 0.4) is 0 Å². The Balaban J connectivity index is 0.000000320. The standard InChI is InChI=1S/2C27H32N2O6S2.Ca/c2*1-5-28(6-2)22-13-9-20(10-14-22)27(21-11-15-23(16-12-21)29(7-3)8-4)25-19-24(36(30,31)32)17-18-26(25)37(33,34)35;/h2*9-19H,5-8H2,1-4H3,(H-,30,31,32,33,34,35);/q;;+2/p-2. The number of hydrogen-bond acceptors (Lipinski definition) is 14. The molecule has 0 heterocycles. The minimum atomic E-state index is -5.00. The molecule has 0 saturated carbocycles. The van der Waals surface area contributed by atoms with Gasteiger partial charge in [-0.2, -0.15) is 0 Å². The Bertz CT molecular complexity index is 3180. The van der Waals surface area contributed by atoms with E-state index in [0.717, 1.165) is 112 Å². The van der Waals surface area contributed by atoms with E-state index < -0.39 is 60.1 Å². The van der Waals surface area contributed by atoms with Crippen molar-refractivity contribution in [3.8, 4) is 0 Å². The number of rotatable bonds is 18. The average molecular weight is 1130 g/mol. The molecule has 75 heavy (non-hydrogen) atoms. The SMILES string of the molecule is CCN(CC)c1ccc(C(=C2C=CC(=[N+](CC)CC)C=C2)c2cc(S(=O)(=O)[O-])ccc2S(=O)(=O)[O-])cc1.CCN(CC)c1ccc(C(=C2C=CC(=[N+](CC)CC)C=C2)c2cc(S(=O)(=O)[O-])ccc2S(=O)(=O)[O-])cc1.[Ca+2]. The van der Waals surface area contributed by atoms with Crippen LogP contribution in [0.15, 0.2) is 164 Å². The second kappa shape index (κ2) is 27.0. The van der Waals surface area contributed by atoms with Gasteiger partial charge >= 0.3 is 37.7 Å². The summed E-state index contributed by atoms with van der Waals surface area (Å²) >= 11 is 0. The maximum absolute atomic E-state index is 12.2. The van der Waals surface area contributed by atoms with Gasteiger partial charge in [0.25, 0.3) is 0 Å². The van der Waals surface area contributed by atoms with Crippen molar-refractivity contribution in [1.29, 1.82) is 0 Å². The van der Waals surface area contributed by atoms with Crippen molar-refractivity contribution >= 4 is 112 Å². The Labute approximate surface area is 473 Å². The van der Waals surface area contributed by atoms with Gasteiger partial charge in [-0.1, -0.05) is 24.3 Å². The number of benzene rings is 4. The van der Waals surface area contributed by atoms with Gasteiger partial charge in [-0.25, -0.2) is 42.8 Å². The zero-order chi connectivity index (χ0) is 54.8. The fourth-order valence-corrected chi connectivity index (χ4v) is 11.1. The quantitative estimate of drug-likeness (QED) is 0.0546. The Morgan fingerprint density at radius 1 is 0.400 bits per heavy atom. The minimum Gasteiger partial charge on any atom is -0.744 e. The molecule has 0 saturated heterocycles.